The van der Waals surface area contributed by atoms with Gasteiger partial charge in [0, 0.05) is 12.6 Å². The minimum atomic E-state index is -0.830. The molecule has 0 bridgehead atoms. The Balaban J connectivity index is 2.10. The van der Waals surface area contributed by atoms with Gasteiger partial charge in [-0.1, -0.05) is 20.8 Å². The summed E-state index contributed by atoms with van der Waals surface area (Å²) >= 11 is 0. The Kier molecular flexibility index (Phi) is 3.39. The van der Waals surface area contributed by atoms with E-state index in [4.69, 9.17) is 5.11 Å². The van der Waals surface area contributed by atoms with Crippen LogP contribution in [0.1, 0.15) is 46.5 Å². The van der Waals surface area contributed by atoms with Crippen LogP contribution in [-0.4, -0.2) is 34.5 Å². The molecule has 102 valence electrons. The van der Waals surface area contributed by atoms with Gasteiger partial charge in [0.15, 0.2) is 0 Å². The Hall–Kier alpha value is -1.06. The molecular formula is C14H23NO3. The zero-order valence-electron chi connectivity index (χ0n) is 11.5. The van der Waals surface area contributed by atoms with Gasteiger partial charge in [0.2, 0.25) is 5.91 Å². The first-order valence-corrected chi connectivity index (χ1v) is 6.94. The molecule has 1 heterocycles. The van der Waals surface area contributed by atoms with E-state index in [9.17, 15) is 9.59 Å². The first-order valence-electron chi connectivity index (χ1n) is 6.94. The standard InChI is InChI=1S/C14H23NO3/c1-4-9-7-5-6-8-15(9)12(16)10-11(13(17)18)14(10,2)3/h9-11H,4-8H2,1-3H3,(H,17,18). The molecule has 1 aliphatic heterocycles. The van der Waals surface area contributed by atoms with E-state index in [1.165, 1.54) is 6.42 Å². The summed E-state index contributed by atoms with van der Waals surface area (Å²) in [4.78, 5) is 25.6. The molecular weight excluding hydrogens is 230 g/mol. The van der Waals surface area contributed by atoms with E-state index in [0.717, 1.165) is 25.8 Å². The summed E-state index contributed by atoms with van der Waals surface area (Å²) < 4.78 is 0. The number of hydrogen-bond donors (Lipinski definition) is 1. The highest BCUT2D eigenvalue weighted by Gasteiger charge is 2.66. The molecule has 0 spiro atoms. The maximum atomic E-state index is 12.5. The molecule has 0 aromatic carbocycles. The summed E-state index contributed by atoms with van der Waals surface area (Å²) in [5.74, 6) is -1.58. The number of hydrogen-bond acceptors (Lipinski definition) is 2. The molecule has 1 amide bonds. The molecule has 2 fully saturated rings. The van der Waals surface area contributed by atoms with E-state index >= 15 is 0 Å². The van der Waals surface area contributed by atoms with Crippen molar-refractivity contribution in [3.63, 3.8) is 0 Å². The number of carboxylic acids is 1. The van der Waals surface area contributed by atoms with Crippen LogP contribution in [0.25, 0.3) is 0 Å². The Morgan fingerprint density at radius 1 is 1.28 bits per heavy atom. The summed E-state index contributed by atoms with van der Waals surface area (Å²) in [6, 6.07) is 0.317. The molecule has 0 radical (unpaired) electrons. The van der Waals surface area contributed by atoms with Crippen molar-refractivity contribution < 1.29 is 14.7 Å². The van der Waals surface area contributed by atoms with E-state index in [1.807, 2.05) is 18.7 Å². The molecule has 4 nitrogen and oxygen atoms in total. The number of amides is 1. The fourth-order valence-electron chi connectivity index (χ4n) is 3.45. The minimum absolute atomic E-state index is 0.0685. The molecule has 0 aromatic heterocycles. The molecule has 2 aliphatic rings. The second-order valence-corrected chi connectivity index (χ2v) is 6.20. The van der Waals surface area contributed by atoms with Gasteiger partial charge >= 0.3 is 5.97 Å². The smallest absolute Gasteiger partial charge is 0.307 e. The molecule has 1 saturated carbocycles. The van der Waals surface area contributed by atoms with Crippen LogP contribution in [0.4, 0.5) is 0 Å². The summed E-state index contributed by atoms with van der Waals surface area (Å²) in [5, 5.41) is 9.16. The molecule has 2 rings (SSSR count). The van der Waals surface area contributed by atoms with Crippen molar-refractivity contribution in [3.05, 3.63) is 0 Å². The Morgan fingerprint density at radius 3 is 2.44 bits per heavy atom. The predicted molar refractivity (Wildman–Crippen MR) is 68.0 cm³/mol. The Bertz CT molecular complexity index is 364. The summed E-state index contributed by atoms with van der Waals surface area (Å²) in [6.45, 7) is 6.68. The molecule has 1 saturated heterocycles. The minimum Gasteiger partial charge on any atom is -0.481 e. The highest BCUT2D eigenvalue weighted by Crippen LogP contribution is 2.59. The SMILES string of the molecule is CCC1CCCCN1C(=O)C1C(C(=O)O)C1(C)C. The topological polar surface area (TPSA) is 57.6 Å². The number of carbonyl (C=O) groups is 2. The summed E-state index contributed by atoms with van der Waals surface area (Å²) in [7, 11) is 0. The van der Waals surface area contributed by atoms with Crippen LogP contribution >= 0.6 is 0 Å². The third kappa shape index (κ3) is 2.02. The maximum Gasteiger partial charge on any atom is 0.307 e. The van der Waals surface area contributed by atoms with Crippen molar-refractivity contribution in [2.45, 2.75) is 52.5 Å². The highest BCUT2D eigenvalue weighted by molar-refractivity contribution is 5.91. The van der Waals surface area contributed by atoms with Crippen molar-refractivity contribution in [2.24, 2.45) is 17.3 Å². The highest BCUT2D eigenvalue weighted by atomic mass is 16.4. The normalized spacial score (nSPS) is 34.2. The fraction of sp³-hybridized carbons (Fsp3) is 0.857. The number of aliphatic carboxylic acids is 1. The molecule has 3 atom stereocenters. The van der Waals surface area contributed by atoms with Crippen LogP contribution in [0.3, 0.4) is 0 Å². The van der Waals surface area contributed by atoms with E-state index in [-0.39, 0.29) is 17.2 Å². The lowest BCUT2D eigenvalue weighted by Gasteiger charge is -2.35. The molecule has 0 aromatic rings. The van der Waals surface area contributed by atoms with Crippen LogP contribution in [0.2, 0.25) is 0 Å². The number of rotatable bonds is 3. The monoisotopic (exact) mass is 253 g/mol. The van der Waals surface area contributed by atoms with Crippen LogP contribution in [0.15, 0.2) is 0 Å². The van der Waals surface area contributed by atoms with Crippen molar-refractivity contribution in [1.82, 2.24) is 4.90 Å². The Morgan fingerprint density at radius 2 is 1.94 bits per heavy atom. The van der Waals surface area contributed by atoms with Gasteiger partial charge in [-0.05, 0) is 31.1 Å². The van der Waals surface area contributed by atoms with Crippen LogP contribution in [0, 0.1) is 17.3 Å². The number of nitrogens with zero attached hydrogens (tertiary/aromatic N) is 1. The van der Waals surface area contributed by atoms with Gasteiger partial charge in [-0.3, -0.25) is 9.59 Å². The average Bonchev–Trinajstić information content (AvgIpc) is 2.91. The molecule has 4 heteroatoms. The van der Waals surface area contributed by atoms with E-state index in [0.29, 0.717) is 6.04 Å². The first-order chi connectivity index (χ1) is 8.41. The average molecular weight is 253 g/mol. The van der Waals surface area contributed by atoms with Gasteiger partial charge in [-0.25, -0.2) is 0 Å². The molecule has 1 aliphatic carbocycles. The molecule has 18 heavy (non-hydrogen) atoms. The number of piperidine rings is 1. The largest absolute Gasteiger partial charge is 0.481 e. The third-order valence-electron chi connectivity index (χ3n) is 4.74. The summed E-state index contributed by atoms with van der Waals surface area (Å²) in [6.07, 6.45) is 4.26. The van der Waals surface area contributed by atoms with E-state index < -0.39 is 11.9 Å². The van der Waals surface area contributed by atoms with Gasteiger partial charge in [-0.15, -0.1) is 0 Å². The van der Waals surface area contributed by atoms with Crippen molar-refractivity contribution in [2.75, 3.05) is 6.54 Å². The zero-order chi connectivity index (χ0) is 13.5. The van der Waals surface area contributed by atoms with Gasteiger partial charge < -0.3 is 10.0 Å². The lowest BCUT2D eigenvalue weighted by molar-refractivity contribution is -0.143. The second kappa shape index (κ2) is 4.56. The molecule has 3 unspecified atom stereocenters. The third-order valence-corrected chi connectivity index (χ3v) is 4.74. The lowest BCUT2D eigenvalue weighted by atomic mass is 9.98. The predicted octanol–water partition coefficient (Wildman–Crippen LogP) is 2.13. The van der Waals surface area contributed by atoms with Crippen molar-refractivity contribution in [1.29, 1.82) is 0 Å². The van der Waals surface area contributed by atoms with E-state index in [1.54, 1.807) is 0 Å². The van der Waals surface area contributed by atoms with Gasteiger partial charge in [0.05, 0.1) is 11.8 Å². The first kappa shape index (κ1) is 13.4. The number of carboxylic acid groups (broad SMARTS) is 1. The zero-order valence-corrected chi connectivity index (χ0v) is 11.5. The van der Waals surface area contributed by atoms with E-state index in [2.05, 4.69) is 6.92 Å². The maximum absolute atomic E-state index is 12.5. The quantitative estimate of drug-likeness (QED) is 0.838. The van der Waals surface area contributed by atoms with Crippen LogP contribution in [0.5, 0.6) is 0 Å². The van der Waals surface area contributed by atoms with Gasteiger partial charge in [0.1, 0.15) is 0 Å². The second-order valence-electron chi connectivity index (χ2n) is 6.20. The Labute approximate surface area is 108 Å². The fourth-order valence-corrected chi connectivity index (χ4v) is 3.45. The van der Waals surface area contributed by atoms with Crippen LogP contribution in [-0.2, 0) is 9.59 Å². The van der Waals surface area contributed by atoms with Crippen molar-refractivity contribution >= 4 is 11.9 Å². The number of likely N-dealkylation sites (tertiary alicyclic amines) is 1. The molecule has 1 N–H and O–H groups in total. The number of carbonyl (C=O) groups excluding carboxylic acids is 1. The van der Waals surface area contributed by atoms with Crippen molar-refractivity contribution in [3.8, 4) is 0 Å². The van der Waals surface area contributed by atoms with Gasteiger partial charge in [0.25, 0.3) is 0 Å². The van der Waals surface area contributed by atoms with Gasteiger partial charge in [-0.2, -0.15) is 0 Å². The van der Waals surface area contributed by atoms with Crippen LogP contribution < -0.4 is 0 Å². The summed E-state index contributed by atoms with van der Waals surface area (Å²) in [5.41, 5.74) is -0.376. The lowest BCUT2D eigenvalue weighted by Crippen LogP contribution is -2.44.